The summed E-state index contributed by atoms with van der Waals surface area (Å²) < 4.78 is 28.7. The number of nitrogens with zero attached hydrogens (tertiary/aromatic N) is 4. The lowest BCUT2D eigenvalue weighted by molar-refractivity contribution is -0.165. The Balaban J connectivity index is 1.22. The Bertz CT molecular complexity index is 3380. The number of nitrogens with one attached hydrogen (secondary N) is 2. The zero-order chi connectivity index (χ0) is 65.1. The Morgan fingerprint density at radius 3 is 1.97 bits per heavy atom. The maximum atomic E-state index is 14.9. The topological polar surface area (TPSA) is 277 Å². The molecule has 2 bridgehead atoms. The molecule has 0 aromatic heterocycles. The van der Waals surface area contributed by atoms with Gasteiger partial charge in [0.1, 0.15) is 48.4 Å². The molecule has 22 nitrogen and oxygen atoms in total. The lowest BCUT2D eigenvalue weighted by atomic mass is 9.87. The van der Waals surface area contributed by atoms with Crippen molar-refractivity contribution in [1.82, 2.24) is 30.2 Å². The summed E-state index contributed by atoms with van der Waals surface area (Å²) in [5, 5.41) is 26.7. The third-order valence-corrected chi connectivity index (χ3v) is 15.8. The second-order valence-corrected chi connectivity index (χ2v) is 23.1. The molecule has 5 aromatic rings. The summed E-state index contributed by atoms with van der Waals surface area (Å²) in [7, 11) is 7.15. The highest BCUT2D eigenvalue weighted by molar-refractivity contribution is 6.38. The molecule has 2 heterocycles. The van der Waals surface area contributed by atoms with Crippen LogP contribution in [0.1, 0.15) is 79.9 Å². The van der Waals surface area contributed by atoms with Gasteiger partial charge in [0.15, 0.2) is 18.1 Å². The van der Waals surface area contributed by atoms with Crippen LogP contribution in [-0.4, -0.2) is 175 Å². The fourth-order valence-corrected chi connectivity index (χ4v) is 10.6. The number of phenols is 2. The van der Waals surface area contributed by atoms with Gasteiger partial charge < -0.3 is 64.1 Å². The van der Waals surface area contributed by atoms with Crippen molar-refractivity contribution < 1.29 is 77.0 Å². The molecule has 22 heteroatoms. The van der Waals surface area contributed by atoms with E-state index in [1.807, 2.05) is 6.07 Å². The van der Waals surface area contributed by atoms with Gasteiger partial charge in [0, 0.05) is 59.6 Å². The number of methoxy groups -OCH3 is 2. The van der Waals surface area contributed by atoms with Crippen molar-refractivity contribution in [2.45, 2.75) is 102 Å². The van der Waals surface area contributed by atoms with Crippen molar-refractivity contribution in [3.05, 3.63) is 161 Å². The van der Waals surface area contributed by atoms with Crippen molar-refractivity contribution in [3.63, 3.8) is 0 Å². The van der Waals surface area contributed by atoms with E-state index in [4.69, 9.17) is 23.7 Å². The van der Waals surface area contributed by atoms with Gasteiger partial charge in [-0.3, -0.25) is 33.6 Å². The SMILES string of the molecule is COc1cc(CC[C@H]2OC(=O)[C@@H]3CCCCN3C(=O)C(=O)C(C)(C)COC(=O)C=CCCN(C)C(=O)[C@@H](Cc3ccccc3)NC(=O)CN(C)C(=O)[C@@H](Cc3ccccc3)NC(=O)[C@H](Cc3ccc(O)cc3)N(C)C(=O)COc3cccc2c3)cc(O)c1OC. The lowest BCUT2D eigenvalue weighted by Crippen LogP contribution is -2.57. The van der Waals surface area contributed by atoms with Crippen molar-refractivity contribution in [2.75, 3.05) is 68.2 Å². The summed E-state index contributed by atoms with van der Waals surface area (Å²) in [6, 6.07) is 28.8. The number of piperidine rings is 1. The number of rotatable bonds is 11. The first kappa shape index (κ1) is 67.8. The molecule has 2 aliphatic heterocycles. The van der Waals surface area contributed by atoms with Crippen LogP contribution in [0.4, 0.5) is 0 Å². The number of Topliss-reactive ketones (excluding diaryl/α,β-unsaturated/α-hetero) is 1. The van der Waals surface area contributed by atoms with E-state index in [1.165, 1.54) is 88.2 Å². The van der Waals surface area contributed by atoms with Gasteiger partial charge in [-0.1, -0.05) is 91.0 Å². The Morgan fingerprint density at radius 1 is 0.667 bits per heavy atom. The van der Waals surface area contributed by atoms with Crippen LogP contribution >= 0.6 is 0 Å². The van der Waals surface area contributed by atoms with Crippen molar-refractivity contribution in [3.8, 4) is 28.7 Å². The smallest absolute Gasteiger partial charge is 0.330 e. The number of likely N-dealkylation sites (N-methyl/N-ethyl adjacent to an activating group) is 3. The Morgan fingerprint density at radius 2 is 1.31 bits per heavy atom. The average molecular weight is 1240 g/mol. The van der Waals surface area contributed by atoms with E-state index in [2.05, 4.69) is 10.6 Å². The minimum atomic E-state index is -1.54. The molecule has 0 spiro atoms. The minimum Gasteiger partial charge on any atom is -0.508 e. The van der Waals surface area contributed by atoms with E-state index in [0.717, 1.165) is 16.5 Å². The molecule has 1 fully saturated rings. The number of amides is 6. The number of benzene rings is 5. The fourth-order valence-electron chi connectivity index (χ4n) is 10.6. The van der Waals surface area contributed by atoms with E-state index in [-0.39, 0.29) is 86.8 Å². The molecule has 7 rings (SSSR count). The zero-order valence-electron chi connectivity index (χ0n) is 51.9. The van der Waals surface area contributed by atoms with Gasteiger partial charge in [-0.25, -0.2) is 9.59 Å². The van der Waals surface area contributed by atoms with Crippen LogP contribution in [0.5, 0.6) is 28.7 Å². The third kappa shape index (κ3) is 18.7. The van der Waals surface area contributed by atoms with Gasteiger partial charge >= 0.3 is 11.9 Å². The Hall–Kier alpha value is -9.73. The van der Waals surface area contributed by atoms with Crippen LogP contribution in [0.15, 0.2) is 133 Å². The largest absolute Gasteiger partial charge is 0.508 e. The summed E-state index contributed by atoms with van der Waals surface area (Å²) in [6.45, 7) is 1.44. The summed E-state index contributed by atoms with van der Waals surface area (Å²) in [5.74, 6) is -6.35. The predicted molar refractivity (Wildman–Crippen MR) is 331 cm³/mol. The Kier molecular flexibility index (Phi) is 24.1. The highest BCUT2D eigenvalue weighted by atomic mass is 16.5. The molecule has 6 amide bonds. The number of aromatic hydroxyl groups is 2. The number of carbonyl (C=O) groups excluding carboxylic acids is 9. The molecule has 0 aliphatic carbocycles. The van der Waals surface area contributed by atoms with Gasteiger partial charge in [0.2, 0.25) is 35.2 Å². The molecule has 0 saturated carbocycles. The second kappa shape index (κ2) is 32.0. The maximum absolute atomic E-state index is 14.9. The molecule has 0 radical (unpaired) electrons. The normalized spacial score (nSPS) is 21.0. The maximum Gasteiger partial charge on any atom is 0.330 e. The average Bonchev–Trinajstić information content (AvgIpc) is 2.08. The first-order chi connectivity index (χ1) is 43.0. The minimum absolute atomic E-state index is 0.0196. The van der Waals surface area contributed by atoms with Crippen LogP contribution < -0.4 is 24.8 Å². The summed E-state index contributed by atoms with van der Waals surface area (Å²) >= 11 is 0. The molecular formula is C68H80N6O16. The monoisotopic (exact) mass is 1240 g/mol. The van der Waals surface area contributed by atoms with Gasteiger partial charge in [0.05, 0.1) is 26.2 Å². The number of phenolic OH excluding ortho intramolecular Hbond substituents is 2. The molecule has 5 aromatic carbocycles. The highest BCUT2D eigenvalue weighted by Crippen LogP contribution is 2.39. The first-order valence-corrected chi connectivity index (χ1v) is 29.8. The van der Waals surface area contributed by atoms with Crippen LogP contribution in [0.25, 0.3) is 0 Å². The Labute approximate surface area is 524 Å². The molecule has 1 saturated heterocycles. The van der Waals surface area contributed by atoms with E-state index < -0.39 is 109 Å². The van der Waals surface area contributed by atoms with E-state index >= 15 is 0 Å². The van der Waals surface area contributed by atoms with E-state index in [1.54, 1.807) is 97.1 Å². The van der Waals surface area contributed by atoms with Crippen LogP contribution in [0.2, 0.25) is 0 Å². The summed E-state index contributed by atoms with van der Waals surface area (Å²) in [6.07, 6.45) is 3.23. The number of esters is 2. The van der Waals surface area contributed by atoms with Crippen LogP contribution in [0.3, 0.4) is 0 Å². The predicted octanol–water partition coefficient (Wildman–Crippen LogP) is 5.63. The molecular weight excluding hydrogens is 1160 g/mol. The third-order valence-electron chi connectivity index (χ3n) is 15.8. The number of ketones is 1. The molecule has 5 atom stereocenters. The van der Waals surface area contributed by atoms with Crippen molar-refractivity contribution in [2.24, 2.45) is 5.41 Å². The zero-order valence-corrected chi connectivity index (χ0v) is 51.9. The fraction of sp³-hybridized carbons (Fsp3) is 0.397. The quantitative estimate of drug-likeness (QED) is 0.0921. The number of hydrogen-bond donors (Lipinski definition) is 4. The first-order valence-electron chi connectivity index (χ1n) is 29.8. The van der Waals surface area contributed by atoms with E-state index in [9.17, 15) is 53.4 Å². The van der Waals surface area contributed by atoms with Gasteiger partial charge in [-0.15, -0.1) is 0 Å². The number of aryl methyl sites for hydroxylation is 1. The summed E-state index contributed by atoms with van der Waals surface area (Å²) in [4.78, 5) is 133. The van der Waals surface area contributed by atoms with Crippen molar-refractivity contribution in [1.29, 1.82) is 0 Å². The van der Waals surface area contributed by atoms with Gasteiger partial charge in [-0.05, 0) is 117 Å². The molecule has 478 valence electrons. The number of cyclic esters (lactones) is 2. The molecule has 2 aliphatic rings. The van der Waals surface area contributed by atoms with Gasteiger partial charge in [0.25, 0.3) is 11.8 Å². The number of ether oxygens (including phenoxy) is 5. The van der Waals surface area contributed by atoms with Crippen molar-refractivity contribution >= 4 is 53.2 Å². The standard InChI is InChI=1S/C68H80N6O16/c1-68(2)43-89-60(79)26-15-16-33-71(3)64(82)51(35-44-19-10-8-11-20-44)69-58(77)41-72(4)65(83)52(36-45-21-12-9-13-22-45)70-63(81)54(37-46-27-30-49(75)31-28-46)73(5)59(78)42-88-50-24-18-23-48(40-50)56(32-29-47-38-55(76)61(87-7)57(39-47)86-6)90-67(85)53-25-14-17-34-74(53)66(84)62(68)80/h8-13,15,18-24,26-28,30-31,38-40,51-54,56,75-76H,14,16-17,25,29,32-37,41-43H2,1-7H3,(H,69,77)(H,70,81)/t51-,52-,53+,54+,56-/m1/s1. The summed E-state index contributed by atoms with van der Waals surface area (Å²) in [5.41, 5.74) is 1.43. The molecule has 0 unspecified atom stereocenters. The van der Waals surface area contributed by atoms with E-state index in [0.29, 0.717) is 35.1 Å². The molecule has 4 N–H and O–H groups in total. The lowest BCUT2D eigenvalue weighted by Gasteiger charge is -2.36. The number of fused-ring (bicyclic) bond motifs is 3. The number of hydrogen-bond acceptors (Lipinski definition) is 16. The highest BCUT2D eigenvalue weighted by Gasteiger charge is 2.43. The van der Waals surface area contributed by atoms with Crippen LogP contribution in [-0.2, 0) is 78.3 Å². The van der Waals surface area contributed by atoms with Gasteiger partial charge in [-0.2, -0.15) is 0 Å². The molecule has 90 heavy (non-hydrogen) atoms. The van der Waals surface area contributed by atoms with Crippen LogP contribution in [0, 0.1) is 5.41 Å². The number of carbonyl (C=O) groups is 9. The second-order valence-electron chi connectivity index (χ2n) is 23.1.